The van der Waals surface area contributed by atoms with Crippen molar-refractivity contribution < 1.29 is 14.3 Å². The number of hydrogen-bond donors (Lipinski definition) is 2. The third kappa shape index (κ3) is 6.66. The van der Waals surface area contributed by atoms with Crippen LogP contribution >= 0.6 is 0 Å². The van der Waals surface area contributed by atoms with Crippen LogP contribution in [0.4, 0.5) is 0 Å². The SMILES string of the molecule is COCCNCCNC(=O)c1cccc(CN2CCOCC2)c1. The van der Waals surface area contributed by atoms with Crippen LogP contribution in [0.5, 0.6) is 0 Å². The van der Waals surface area contributed by atoms with Crippen LogP contribution in [-0.2, 0) is 16.0 Å². The molecule has 1 fully saturated rings. The molecule has 0 aliphatic carbocycles. The Kier molecular flexibility index (Phi) is 8.03. The van der Waals surface area contributed by atoms with Gasteiger partial charge in [-0.25, -0.2) is 0 Å². The molecule has 0 bridgehead atoms. The van der Waals surface area contributed by atoms with E-state index in [4.69, 9.17) is 9.47 Å². The van der Waals surface area contributed by atoms with E-state index in [-0.39, 0.29) is 5.91 Å². The van der Waals surface area contributed by atoms with Gasteiger partial charge >= 0.3 is 0 Å². The number of methoxy groups -OCH3 is 1. The van der Waals surface area contributed by atoms with Crippen molar-refractivity contribution in [2.75, 3.05) is 59.7 Å². The highest BCUT2D eigenvalue weighted by Gasteiger charge is 2.12. The number of morpholine rings is 1. The van der Waals surface area contributed by atoms with Crippen LogP contribution in [0.1, 0.15) is 15.9 Å². The number of rotatable bonds is 9. The Morgan fingerprint density at radius 1 is 1.26 bits per heavy atom. The van der Waals surface area contributed by atoms with Crippen molar-refractivity contribution in [2.45, 2.75) is 6.54 Å². The topological polar surface area (TPSA) is 62.8 Å². The minimum atomic E-state index is -0.0256. The number of nitrogens with one attached hydrogen (secondary N) is 2. The van der Waals surface area contributed by atoms with Crippen LogP contribution in [0, 0.1) is 0 Å². The van der Waals surface area contributed by atoms with Gasteiger partial charge in [0.1, 0.15) is 0 Å². The van der Waals surface area contributed by atoms with Crippen molar-refractivity contribution in [1.82, 2.24) is 15.5 Å². The number of ether oxygens (including phenoxy) is 2. The lowest BCUT2D eigenvalue weighted by Crippen LogP contribution is -2.35. The van der Waals surface area contributed by atoms with Crippen molar-refractivity contribution in [3.8, 4) is 0 Å². The molecule has 0 atom stereocenters. The van der Waals surface area contributed by atoms with E-state index in [0.717, 1.165) is 51.5 Å². The van der Waals surface area contributed by atoms with Gasteiger partial charge in [0.15, 0.2) is 0 Å². The van der Waals surface area contributed by atoms with Gasteiger partial charge in [0, 0.05) is 51.9 Å². The van der Waals surface area contributed by atoms with E-state index >= 15 is 0 Å². The van der Waals surface area contributed by atoms with Crippen molar-refractivity contribution in [3.05, 3.63) is 35.4 Å². The smallest absolute Gasteiger partial charge is 0.251 e. The van der Waals surface area contributed by atoms with Gasteiger partial charge in [-0.3, -0.25) is 9.69 Å². The number of hydrogen-bond acceptors (Lipinski definition) is 5. The van der Waals surface area contributed by atoms with Crippen LogP contribution in [-0.4, -0.2) is 70.5 Å². The fraction of sp³-hybridized carbons (Fsp3) is 0.588. The molecular weight excluding hydrogens is 294 g/mol. The molecule has 1 saturated heterocycles. The van der Waals surface area contributed by atoms with Gasteiger partial charge in [-0.15, -0.1) is 0 Å². The fourth-order valence-electron chi connectivity index (χ4n) is 2.49. The summed E-state index contributed by atoms with van der Waals surface area (Å²) in [7, 11) is 1.67. The molecule has 2 rings (SSSR count). The second kappa shape index (κ2) is 10.3. The maximum absolute atomic E-state index is 12.2. The van der Waals surface area contributed by atoms with Crippen LogP contribution < -0.4 is 10.6 Å². The van der Waals surface area contributed by atoms with E-state index in [0.29, 0.717) is 18.7 Å². The first-order valence-corrected chi connectivity index (χ1v) is 8.16. The fourth-order valence-corrected chi connectivity index (χ4v) is 2.49. The first-order chi connectivity index (χ1) is 11.3. The summed E-state index contributed by atoms with van der Waals surface area (Å²) in [5, 5.41) is 6.13. The second-order valence-electron chi connectivity index (χ2n) is 5.59. The van der Waals surface area contributed by atoms with Crippen molar-refractivity contribution >= 4 is 5.91 Å². The number of nitrogens with zero attached hydrogens (tertiary/aromatic N) is 1. The lowest BCUT2D eigenvalue weighted by molar-refractivity contribution is 0.0342. The van der Waals surface area contributed by atoms with E-state index < -0.39 is 0 Å². The zero-order chi connectivity index (χ0) is 16.3. The summed E-state index contributed by atoms with van der Waals surface area (Å²) < 4.78 is 10.3. The summed E-state index contributed by atoms with van der Waals surface area (Å²) in [6, 6.07) is 7.85. The van der Waals surface area contributed by atoms with Gasteiger partial charge in [0.05, 0.1) is 19.8 Å². The van der Waals surface area contributed by atoms with E-state index in [9.17, 15) is 4.79 Å². The van der Waals surface area contributed by atoms with E-state index in [2.05, 4.69) is 21.6 Å². The first kappa shape index (κ1) is 17.9. The Morgan fingerprint density at radius 2 is 2.09 bits per heavy atom. The lowest BCUT2D eigenvalue weighted by atomic mass is 10.1. The van der Waals surface area contributed by atoms with Crippen LogP contribution in [0.15, 0.2) is 24.3 Å². The quantitative estimate of drug-likeness (QED) is 0.648. The average Bonchev–Trinajstić information content (AvgIpc) is 2.59. The first-order valence-electron chi connectivity index (χ1n) is 8.16. The summed E-state index contributed by atoms with van der Waals surface area (Å²) in [5.74, 6) is -0.0256. The molecule has 0 saturated carbocycles. The highest BCUT2D eigenvalue weighted by molar-refractivity contribution is 5.94. The Bertz CT molecular complexity index is 476. The standard InChI is InChI=1S/C17H27N3O3/c1-22-10-7-18-5-6-19-17(21)16-4-2-3-15(13-16)14-20-8-11-23-12-9-20/h2-4,13,18H,5-12,14H2,1H3,(H,19,21). The summed E-state index contributed by atoms with van der Waals surface area (Å²) >= 11 is 0. The molecule has 1 aromatic carbocycles. The predicted molar refractivity (Wildman–Crippen MR) is 89.6 cm³/mol. The molecule has 0 spiro atoms. The van der Waals surface area contributed by atoms with Gasteiger partial charge in [0.2, 0.25) is 0 Å². The highest BCUT2D eigenvalue weighted by atomic mass is 16.5. The molecule has 1 aliphatic rings. The summed E-state index contributed by atoms with van der Waals surface area (Å²) in [5.41, 5.74) is 1.88. The Labute approximate surface area is 138 Å². The molecule has 0 unspecified atom stereocenters. The summed E-state index contributed by atoms with van der Waals surface area (Å²) in [6.07, 6.45) is 0. The van der Waals surface area contributed by atoms with Gasteiger partial charge in [-0.05, 0) is 17.7 Å². The average molecular weight is 321 g/mol. The van der Waals surface area contributed by atoms with E-state index in [1.54, 1.807) is 7.11 Å². The molecule has 0 aromatic heterocycles. The van der Waals surface area contributed by atoms with Gasteiger partial charge in [-0.2, -0.15) is 0 Å². The Hall–Kier alpha value is -1.47. The number of amides is 1. The molecular formula is C17H27N3O3. The molecule has 1 amide bonds. The Morgan fingerprint density at radius 3 is 2.87 bits per heavy atom. The molecule has 1 aromatic rings. The van der Waals surface area contributed by atoms with Crippen molar-refractivity contribution in [2.24, 2.45) is 0 Å². The monoisotopic (exact) mass is 321 g/mol. The minimum Gasteiger partial charge on any atom is -0.383 e. The maximum Gasteiger partial charge on any atom is 0.251 e. The zero-order valence-corrected chi connectivity index (χ0v) is 13.8. The predicted octanol–water partition coefficient (Wildman–Crippen LogP) is 0.485. The Balaban J connectivity index is 1.75. The lowest BCUT2D eigenvalue weighted by Gasteiger charge is -2.26. The molecule has 6 heteroatoms. The van der Waals surface area contributed by atoms with Crippen LogP contribution in [0.25, 0.3) is 0 Å². The molecule has 23 heavy (non-hydrogen) atoms. The minimum absolute atomic E-state index is 0.0256. The molecule has 2 N–H and O–H groups in total. The number of carbonyl (C=O) groups is 1. The largest absolute Gasteiger partial charge is 0.383 e. The van der Waals surface area contributed by atoms with Gasteiger partial charge in [-0.1, -0.05) is 12.1 Å². The third-order valence-corrected chi connectivity index (χ3v) is 3.77. The number of benzene rings is 1. The van der Waals surface area contributed by atoms with Gasteiger partial charge in [0.25, 0.3) is 5.91 Å². The molecule has 0 radical (unpaired) electrons. The maximum atomic E-state index is 12.2. The summed E-state index contributed by atoms with van der Waals surface area (Å²) in [6.45, 7) is 7.15. The molecule has 6 nitrogen and oxygen atoms in total. The highest BCUT2D eigenvalue weighted by Crippen LogP contribution is 2.10. The molecule has 1 aliphatic heterocycles. The van der Waals surface area contributed by atoms with Crippen molar-refractivity contribution in [3.63, 3.8) is 0 Å². The van der Waals surface area contributed by atoms with Crippen LogP contribution in [0.3, 0.4) is 0 Å². The number of carbonyl (C=O) groups excluding carboxylic acids is 1. The molecule has 128 valence electrons. The van der Waals surface area contributed by atoms with Gasteiger partial charge < -0.3 is 20.1 Å². The normalized spacial score (nSPS) is 15.5. The van der Waals surface area contributed by atoms with E-state index in [1.165, 1.54) is 0 Å². The zero-order valence-electron chi connectivity index (χ0n) is 13.8. The van der Waals surface area contributed by atoms with Crippen LogP contribution in [0.2, 0.25) is 0 Å². The summed E-state index contributed by atoms with van der Waals surface area (Å²) in [4.78, 5) is 14.5. The third-order valence-electron chi connectivity index (χ3n) is 3.77. The second-order valence-corrected chi connectivity index (χ2v) is 5.59. The molecule has 1 heterocycles. The van der Waals surface area contributed by atoms with Crippen molar-refractivity contribution in [1.29, 1.82) is 0 Å². The van der Waals surface area contributed by atoms with E-state index in [1.807, 2.05) is 18.2 Å².